The number of nitrogens with one attached hydrogen (secondary N) is 1. The Morgan fingerprint density at radius 2 is 1.70 bits per heavy atom. The standard InChI is InChI=1S/C27H19ClN2O3/c28-21-12-9-18(10-13-21)17-32-25-14-11-19-5-1-3-7-22(19)23(25)16-29-30-27(31)26-15-20-6-2-4-8-24(20)33-26/h1-16H,17H2,(H,30,31)/b29-16+. The van der Waals surface area contributed by atoms with Gasteiger partial charge < -0.3 is 9.15 Å². The van der Waals surface area contributed by atoms with Gasteiger partial charge in [-0.25, -0.2) is 5.43 Å². The molecule has 5 aromatic rings. The number of fused-ring (bicyclic) bond motifs is 2. The number of hydrazone groups is 1. The number of carbonyl (C=O) groups is 1. The van der Waals surface area contributed by atoms with E-state index in [4.69, 9.17) is 20.8 Å². The Balaban J connectivity index is 1.39. The van der Waals surface area contributed by atoms with Crippen LogP contribution in [0.3, 0.4) is 0 Å². The number of rotatable bonds is 6. The summed E-state index contributed by atoms with van der Waals surface area (Å²) in [6.07, 6.45) is 1.60. The van der Waals surface area contributed by atoms with Gasteiger partial charge in [0.25, 0.3) is 0 Å². The summed E-state index contributed by atoms with van der Waals surface area (Å²) >= 11 is 5.97. The first-order chi connectivity index (χ1) is 16.2. The van der Waals surface area contributed by atoms with Crippen molar-refractivity contribution in [1.29, 1.82) is 0 Å². The van der Waals surface area contributed by atoms with Gasteiger partial charge in [-0.05, 0) is 46.7 Å². The number of ether oxygens (including phenoxy) is 1. The number of para-hydroxylation sites is 1. The van der Waals surface area contributed by atoms with Crippen molar-refractivity contribution in [2.24, 2.45) is 5.10 Å². The van der Waals surface area contributed by atoms with Crippen molar-refractivity contribution in [2.75, 3.05) is 0 Å². The average Bonchev–Trinajstić information content (AvgIpc) is 3.29. The number of hydrogen-bond donors (Lipinski definition) is 1. The van der Waals surface area contributed by atoms with E-state index in [1.165, 1.54) is 0 Å². The zero-order valence-corrected chi connectivity index (χ0v) is 18.3. The SMILES string of the molecule is O=C(N/N=C/c1c(OCc2ccc(Cl)cc2)ccc2ccccc12)c1cc2ccccc2o1. The average molecular weight is 455 g/mol. The van der Waals surface area contributed by atoms with Gasteiger partial charge in [-0.15, -0.1) is 0 Å². The lowest BCUT2D eigenvalue weighted by Crippen LogP contribution is -2.16. The number of hydrogen-bond acceptors (Lipinski definition) is 4. The van der Waals surface area contributed by atoms with E-state index in [2.05, 4.69) is 10.5 Å². The first kappa shape index (κ1) is 20.8. The number of amides is 1. The normalized spacial score (nSPS) is 11.3. The first-order valence-corrected chi connectivity index (χ1v) is 10.8. The Bertz CT molecular complexity index is 1440. The predicted molar refractivity (Wildman–Crippen MR) is 131 cm³/mol. The third-order valence-electron chi connectivity index (χ3n) is 5.25. The molecule has 0 atom stereocenters. The highest BCUT2D eigenvalue weighted by atomic mass is 35.5. The largest absolute Gasteiger partial charge is 0.488 e. The lowest BCUT2D eigenvalue weighted by Gasteiger charge is -2.12. The van der Waals surface area contributed by atoms with Gasteiger partial charge >= 0.3 is 5.91 Å². The van der Waals surface area contributed by atoms with Gasteiger partial charge in [0.2, 0.25) is 0 Å². The molecule has 6 heteroatoms. The van der Waals surface area contributed by atoms with E-state index in [1.54, 1.807) is 12.3 Å². The lowest BCUT2D eigenvalue weighted by atomic mass is 10.0. The second-order valence-electron chi connectivity index (χ2n) is 7.46. The van der Waals surface area contributed by atoms with Gasteiger partial charge in [0, 0.05) is 16.0 Å². The third-order valence-corrected chi connectivity index (χ3v) is 5.50. The van der Waals surface area contributed by atoms with Gasteiger partial charge in [-0.3, -0.25) is 4.79 Å². The van der Waals surface area contributed by atoms with E-state index < -0.39 is 5.91 Å². The number of halogens is 1. The summed E-state index contributed by atoms with van der Waals surface area (Å²) in [7, 11) is 0. The number of benzene rings is 4. The number of furan rings is 1. The van der Waals surface area contributed by atoms with Gasteiger partial charge in [-0.2, -0.15) is 5.10 Å². The highest BCUT2D eigenvalue weighted by Crippen LogP contribution is 2.27. The van der Waals surface area contributed by atoms with Crippen LogP contribution in [-0.4, -0.2) is 12.1 Å². The highest BCUT2D eigenvalue weighted by Gasteiger charge is 2.12. The molecule has 0 aliphatic carbocycles. The summed E-state index contributed by atoms with van der Waals surface area (Å²) in [5.41, 5.74) is 4.96. The molecule has 0 bridgehead atoms. The summed E-state index contributed by atoms with van der Waals surface area (Å²) in [5, 5.41) is 7.73. The maximum absolute atomic E-state index is 12.5. The molecule has 0 saturated carbocycles. The van der Waals surface area contributed by atoms with Crippen LogP contribution >= 0.6 is 11.6 Å². The third kappa shape index (κ3) is 4.59. The zero-order valence-electron chi connectivity index (χ0n) is 17.5. The molecule has 0 aliphatic heterocycles. The Hall–Kier alpha value is -4.09. The Kier molecular flexibility index (Phi) is 5.79. The Morgan fingerprint density at radius 3 is 2.52 bits per heavy atom. The van der Waals surface area contributed by atoms with Crippen LogP contribution < -0.4 is 10.2 Å². The summed E-state index contributed by atoms with van der Waals surface area (Å²) in [6.45, 7) is 0.377. The van der Waals surface area contributed by atoms with Gasteiger partial charge in [0.05, 0.1) is 6.21 Å². The molecule has 162 valence electrons. The molecule has 0 unspecified atom stereocenters. The second kappa shape index (κ2) is 9.18. The minimum atomic E-state index is -0.425. The van der Waals surface area contributed by atoms with Crippen LogP contribution in [0.15, 0.2) is 101 Å². The van der Waals surface area contributed by atoms with Crippen molar-refractivity contribution >= 4 is 45.5 Å². The van der Waals surface area contributed by atoms with E-state index in [9.17, 15) is 4.79 Å². The minimum Gasteiger partial charge on any atom is -0.488 e. The molecule has 33 heavy (non-hydrogen) atoms. The van der Waals surface area contributed by atoms with Gasteiger partial charge in [0.15, 0.2) is 5.76 Å². The smallest absolute Gasteiger partial charge is 0.307 e. The molecule has 1 amide bonds. The van der Waals surface area contributed by atoms with Gasteiger partial charge in [0.1, 0.15) is 17.9 Å². The van der Waals surface area contributed by atoms with E-state index in [-0.39, 0.29) is 5.76 Å². The van der Waals surface area contributed by atoms with Crippen LogP contribution in [0, 0.1) is 0 Å². The zero-order chi connectivity index (χ0) is 22.6. The molecule has 1 aromatic heterocycles. The molecule has 0 saturated heterocycles. The quantitative estimate of drug-likeness (QED) is 0.233. The summed E-state index contributed by atoms with van der Waals surface area (Å²) in [6, 6.07) is 28.5. The van der Waals surface area contributed by atoms with Crippen LogP contribution in [0.2, 0.25) is 5.02 Å². The molecule has 1 heterocycles. The van der Waals surface area contributed by atoms with Crippen LogP contribution in [0.5, 0.6) is 5.75 Å². The van der Waals surface area contributed by atoms with Crippen LogP contribution in [0.4, 0.5) is 0 Å². The van der Waals surface area contributed by atoms with E-state index in [0.29, 0.717) is 23.0 Å². The molecule has 4 aromatic carbocycles. The topological polar surface area (TPSA) is 63.8 Å². The predicted octanol–water partition coefficient (Wildman–Crippen LogP) is 6.58. The Labute approximate surface area is 195 Å². The molecule has 1 N–H and O–H groups in total. The second-order valence-corrected chi connectivity index (χ2v) is 7.90. The molecule has 0 radical (unpaired) electrons. The van der Waals surface area contributed by atoms with Crippen molar-refractivity contribution in [3.63, 3.8) is 0 Å². The fourth-order valence-electron chi connectivity index (χ4n) is 3.58. The van der Waals surface area contributed by atoms with Crippen molar-refractivity contribution in [1.82, 2.24) is 5.43 Å². The molecule has 0 fully saturated rings. The molecule has 0 spiro atoms. The minimum absolute atomic E-state index is 0.200. The van der Waals surface area contributed by atoms with E-state index in [0.717, 1.165) is 27.3 Å². The molecule has 5 rings (SSSR count). The molecular formula is C27H19ClN2O3. The molecular weight excluding hydrogens is 436 g/mol. The highest BCUT2D eigenvalue weighted by molar-refractivity contribution is 6.30. The van der Waals surface area contributed by atoms with Gasteiger partial charge in [-0.1, -0.05) is 72.3 Å². The molecule has 0 aliphatic rings. The maximum atomic E-state index is 12.5. The van der Waals surface area contributed by atoms with Crippen LogP contribution in [0.1, 0.15) is 21.7 Å². The summed E-state index contributed by atoms with van der Waals surface area (Å²) in [5.74, 6) is 0.433. The van der Waals surface area contributed by atoms with Crippen LogP contribution in [-0.2, 0) is 6.61 Å². The van der Waals surface area contributed by atoms with Crippen molar-refractivity contribution in [3.8, 4) is 5.75 Å². The first-order valence-electron chi connectivity index (χ1n) is 10.4. The maximum Gasteiger partial charge on any atom is 0.307 e. The molecule has 5 nitrogen and oxygen atoms in total. The van der Waals surface area contributed by atoms with E-state index >= 15 is 0 Å². The summed E-state index contributed by atoms with van der Waals surface area (Å²) in [4.78, 5) is 12.5. The fourth-order valence-corrected chi connectivity index (χ4v) is 3.71. The fraction of sp³-hybridized carbons (Fsp3) is 0.0370. The number of nitrogens with zero attached hydrogens (tertiary/aromatic N) is 1. The van der Waals surface area contributed by atoms with E-state index in [1.807, 2.05) is 84.9 Å². The number of carbonyl (C=O) groups excluding carboxylic acids is 1. The van der Waals surface area contributed by atoms with Crippen molar-refractivity contribution < 1.29 is 13.9 Å². The Morgan fingerprint density at radius 1 is 0.939 bits per heavy atom. The monoisotopic (exact) mass is 454 g/mol. The van der Waals surface area contributed by atoms with Crippen LogP contribution in [0.25, 0.3) is 21.7 Å². The van der Waals surface area contributed by atoms with Crippen molar-refractivity contribution in [2.45, 2.75) is 6.61 Å². The lowest BCUT2D eigenvalue weighted by molar-refractivity contribution is 0.0929. The van der Waals surface area contributed by atoms with Crippen molar-refractivity contribution in [3.05, 3.63) is 113 Å². The summed E-state index contributed by atoms with van der Waals surface area (Å²) < 4.78 is 11.7.